The summed E-state index contributed by atoms with van der Waals surface area (Å²) >= 11 is 0. The molecule has 0 heteroatoms. The molecule has 2 saturated carbocycles. The molecule has 0 atom stereocenters. The Bertz CT molecular complexity index is 140. The molecule has 0 amide bonds. The molecule has 50 valence electrons. The van der Waals surface area contributed by atoms with Crippen LogP contribution in [0.2, 0.25) is 0 Å². The van der Waals surface area contributed by atoms with Crippen molar-refractivity contribution < 1.29 is 0 Å². The van der Waals surface area contributed by atoms with E-state index in [1.54, 1.807) is 0 Å². The fourth-order valence-corrected chi connectivity index (χ4v) is 2.02. The van der Waals surface area contributed by atoms with Gasteiger partial charge in [-0.15, -0.1) is 0 Å². The largest absolute Gasteiger partial charge is 0.0998 e. The Morgan fingerprint density at radius 2 is 2.00 bits per heavy atom. The van der Waals surface area contributed by atoms with Crippen molar-refractivity contribution in [1.82, 2.24) is 0 Å². The van der Waals surface area contributed by atoms with E-state index in [9.17, 15) is 0 Å². The van der Waals surface area contributed by atoms with Gasteiger partial charge in [-0.3, -0.25) is 0 Å². The van der Waals surface area contributed by atoms with Crippen LogP contribution in [0.15, 0.2) is 12.2 Å². The lowest BCUT2D eigenvalue weighted by molar-refractivity contribution is 0.398. The van der Waals surface area contributed by atoms with Gasteiger partial charge in [0.1, 0.15) is 0 Å². The minimum Gasteiger partial charge on any atom is -0.0998 e. The maximum Gasteiger partial charge on any atom is -0.0260 e. The molecule has 2 fully saturated rings. The molecule has 0 bridgehead atoms. The van der Waals surface area contributed by atoms with Crippen LogP contribution >= 0.6 is 0 Å². The standard InChI is InChI=1S/C9H14/c1-8-3-2-4-9(7-8)5-6-9/h1-7H2. The summed E-state index contributed by atoms with van der Waals surface area (Å²) in [4.78, 5) is 0. The monoisotopic (exact) mass is 122 g/mol. The highest BCUT2D eigenvalue weighted by molar-refractivity contribution is 5.10. The van der Waals surface area contributed by atoms with Crippen LogP contribution in [0.3, 0.4) is 0 Å². The van der Waals surface area contributed by atoms with Gasteiger partial charge in [0.15, 0.2) is 0 Å². The Hall–Kier alpha value is -0.260. The molecule has 0 aromatic heterocycles. The Kier molecular flexibility index (Phi) is 0.992. The van der Waals surface area contributed by atoms with E-state index in [-0.39, 0.29) is 0 Å². The van der Waals surface area contributed by atoms with E-state index in [1.165, 1.54) is 44.1 Å². The summed E-state index contributed by atoms with van der Waals surface area (Å²) in [5, 5.41) is 0. The molecule has 2 aliphatic carbocycles. The molecule has 0 radical (unpaired) electrons. The van der Waals surface area contributed by atoms with E-state index >= 15 is 0 Å². The molecule has 1 spiro atoms. The van der Waals surface area contributed by atoms with Gasteiger partial charge in [0.2, 0.25) is 0 Å². The van der Waals surface area contributed by atoms with Crippen LogP contribution in [-0.2, 0) is 0 Å². The fourth-order valence-electron chi connectivity index (χ4n) is 2.02. The van der Waals surface area contributed by atoms with Crippen molar-refractivity contribution >= 4 is 0 Å². The van der Waals surface area contributed by atoms with Crippen molar-refractivity contribution in [2.75, 3.05) is 0 Å². The Balaban J connectivity index is 2.04. The summed E-state index contributed by atoms with van der Waals surface area (Å²) in [6.07, 6.45) is 8.55. The molecule has 0 aromatic rings. The smallest absolute Gasteiger partial charge is 0.0260 e. The second kappa shape index (κ2) is 1.62. The van der Waals surface area contributed by atoms with Gasteiger partial charge >= 0.3 is 0 Å². The van der Waals surface area contributed by atoms with Crippen LogP contribution in [0.4, 0.5) is 0 Å². The Morgan fingerprint density at radius 3 is 2.44 bits per heavy atom. The molecule has 0 N–H and O–H groups in total. The maximum absolute atomic E-state index is 4.05. The highest BCUT2D eigenvalue weighted by atomic mass is 14.5. The van der Waals surface area contributed by atoms with Crippen LogP contribution in [0.25, 0.3) is 0 Å². The first kappa shape index (κ1) is 5.52. The zero-order chi connectivity index (χ0) is 6.32. The molecule has 0 saturated heterocycles. The normalized spacial score (nSPS) is 30.9. The van der Waals surface area contributed by atoms with Crippen molar-refractivity contribution in [2.45, 2.75) is 38.5 Å². The van der Waals surface area contributed by atoms with Crippen LogP contribution in [-0.4, -0.2) is 0 Å². The molecule has 0 aromatic carbocycles. The number of hydrogen-bond donors (Lipinski definition) is 0. The lowest BCUT2D eigenvalue weighted by Gasteiger charge is -2.22. The molecule has 0 unspecified atom stereocenters. The number of hydrogen-bond acceptors (Lipinski definition) is 0. The van der Waals surface area contributed by atoms with E-state index < -0.39 is 0 Å². The first-order valence-corrected chi connectivity index (χ1v) is 3.97. The van der Waals surface area contributed by atoms with E-state index in [0.29, 0.717) is 0 Å². The van der Waals surface area contributed by atoms with Gasteiger partial charge in [-0.05, 0) is 43.9 Å². The van der Waals surface area contributed by atoms with Gasteiger partial charge in [-0.1, -0.05) is 12.2 Å². The van der Waals surface area contributed by atoms with Crippen LogP contribution in [0.5, 0.6) is 0 Å². The topological polar surface area (TPSA) is 0 Å². The third kappa shape index (κ3) is 0.910. The van der Waals surface area contributed by atoms with Crippen molar-refractivity contribution in [3.05, 3.63) is 12.2 Å². The van der Waals surface area contributed by atoms with E-state index in [0.717, 1.165) is 5.41 Å². The van der Waals surface area contributed by atoms with Gasteiger partial charge in [-0.25, -0.2) is 0 Å². The molecular weight excluding hydrogens is 108 g/mol. The maximum atomic E-state index is 4.05. The first-order chi connectivity index (χ1) is 4.31. The van der Waals surface area contributed by atoms with Gasteiger partial charge < -0.3 is 0 Å². The van der Waals surface area contributed by atoms with Crippen LogP contribution in [0, 0.1) is 5.41 Å². The average molecular weight is 122 g/mol. The number of allylic oxidation sites excluding steroid dienone is 1. The zero-order valence-corrected chi connectivity index (χ0v) is 5.95. The molecule has 0 heterocycles. The van der Waals surface area contributed by atoms with Crippen LogP contribution in [0.1, 0.15) is 38.5 Å². The van der Waals surface area contributed by atoms with Crippen LogP contribution < -0.4 is 0 Å². The van der Waals surface area contributed by atoms with Crippen molar-refractivity contribution in [2.24, 2.45) is 5.41 Å². The van der Waals surface area contributed by atoms with Gasteiger partial charge in [0.25, 0.3) is 0 Å². The summed E-state index contributed by atoms with van der Waals surface area (Å²) in [7, 11) is 0. The SMILES string of the molecule is C=C1CCCC2(CC2)C1. The lowest BCUT2D eigenvalue weighted by Crippen LogP contribution is -2.07. The summed E-state index contributed by atoms with van der Waals surface area (Å²) < 4.78 is 0. The van der Waals surface area contributed by atoms with E-state index in [1.807, 2.05) is 0 Å². The first-order valence-electron chi connectivity index (χ1n) is 3.97. The van der Waals surface area contributed by atoms with Gasteiger partial charge in [0, 0.05) is 0 Å². The van der Waals surface area contributed by atoms with E-state index in [2.05, 4.69) is 6.58 Å². The average Bonchev–Trinajstić information content (AvgIpc) is 2.49. The Labute approximate surface area is 57.0 Å². The third-order valence-electron chi connectivity index (χ3n) is 2.82. The highest BCUT2D eigenvalue weighted by Crippen LogP contribution is 2.57. The third-order valence-corrected chi connectivity index (χ3v) is 2.82. The molecular formula is C9H14. The van der Waals surface area contributed by atoms with Crippen molar-refractivity contribution in [1.29, 1.82) is 0 Å². The zero-order valence-electron chi connectivity index (χ0n) is 5.95. The minimum absolute atomic E-state index is 0.801. The fraction of sp³-hybridized carbons (Fsp3) is 0.778. The molecule has 0 aliphatic heterocycles. The highest BCUT2D eigenvalue weighted by Gasteiger charge is 2.43. The lowest BCUT2D eigenvalue weighted by atomic mass is 9.84. The van der Waals surface area contributed by atoms with Gasteiger partial charge in [-0.2, -0.15) is 0 Å². The van der Waals surface area contributed by atoms with E-state index in [4.69, 9.17) is 0 Å². The second-order valence-corrected chi connectivity index (χ2v) is 3.78. The summed E-state index contributed by atoms with van der Waals surface area (Å²) in [5.74, 6) is 0. The molecule has 0 nitrogen and oxygen atoms in total. The molecule has 9 heavy (non-hydrogen) atoms. The number of rotatable bonds is 0. The summed E-state index contributed by atoms with van der Waals surface area (Å²) in [5.41, 5.74) is 2.31. The Morgan fingerprint density at radius 1 is 1.22 bits per heavy atom. The predicted octanol–water partition coefficient (Wildman–Crippen LogP) is 2.90. The second-order valence-electron chi connectivity index (χ2n) is 3.78. The summed E-state index contributed by atoms with van der Waals surface area (Å²) in [6, 6.07) is 0. The molecule has 2 aliphatic rings. The minimum atomic E-state index is 0.801. The van der Waals surface area contributed by atoms with Crippen molar-refractivity contribution in [3.63, 3.8) is 0 Å². The quantitative estimate of drug-likeness (QED) is 0.433. The van der Waals surface area contributed by atoms with Crippen molar-refractivity contribution in [3.8, 4) is 0 Å². The molecule has 2 rings (SSSR count). The predicted molar refractivity (Wildman–Crippen MR) is 39.3 cm³/mol. The summed E-state index contributed by atoms with van der Waals surface area (Å²) in [6.45, 7) is 4.05. The van der Waals surface area contributed by atoms with Gasteiger partial charge in [0.05, 0.1) is 0 Å².